The fraction of sp³-hybridized carbons (Fsp3) is 0.333. The first-order valence-electron chi connectivity index (χ1n) is 7.08. The fourth-order valence-electron chi connectivity index (χ4n) is 2.68. The van der Waals surface area contributed by atoms with Gasteiger partial charge in [-0.3, -0.25) is 9.36 Å². The van der Waals surface area contributed by atoms with Gasteiger partial charge in [0.15, 0.2) is 11.4 Å². The molecule has 1 fully saturated rings. The molecule has 1 aromatic carbocycles. The molecule has 0 radical (unpaired) electrons. The van der Waals surface area contributed by atoms with Crippen LogP contribution < -0.4 is 0 Å². The van der Waals surface area contributed by atoms with Crippen LogP contribution in [-0.4, -0.2) is 33.4 Å². The van der Waals surface area contributed by atoms with Crippen molar-refractivity contribution in [2.75, 3.05) is 13.1 Å². The summed E-state index contributed by atoms with van der Waals surface area (Å²) >= 11 is 5.99. The van der Waals surface area contributed by atoms with Crippen LogP contribution >= 0.6 is 11.6 Å². The van der Waals surface area contributed by atoms with Crippen molar-refractivity contribution in [3.63, 3.8) is 0 Å². The van der Waals surface area contributed by atoms with Crippen LogP contribution in [0.3, 0.4) is 0 Å². The molecule has 1 aliphatic heterocycles. The molecule has 1 aromatic heterocycles. The Balaban J connectivity index is 2.12. The molecule has 2 heterocycles. The maximum absolute atomic E-state index is 13.5. The molecule has 0 bridgehead atoms. The minimum atomic E-state index is -4.72. The van der Waals surface area contributed by atoms with Crippen molar-refractivity contribution in [3.05, 3.63) is 47.0 Å². The number of halogens is 4. The first-order valence-corrected chi connectivity index (χ1v) is 7.46. The average Bonchev–Trinajstić information content (AvgIpc) is 3.16. The summed E-state index contributed by atoms with van der Waals surface area (Å²) in [5.74, 6) is -0.694. The van der Waals surface area contributed by atoms with Crippen LogP contribution in [0.1, 0.15) is 29.0 Å². The third kappa shape index (κ3) is 2.93. The number of amides is 1. The molecule has 8 heteroatoms. The molecule has 122 valence electrons. The van der Waals surface area contributed by atoms with Crippen molar-refractivity contribution < 1.29 is 18.0 Å². The van der Waals surface area contributed by atoms with Crippen LogP contribution in [0.2, 0.25) is 5.02 Å². The third-order valence-electron chi connectivity index (χ3n) is 3.74. The van der Waals surface area contributed by atoms with Gasteiger partial charge in [-0.2, -0.15) is 13.2 Å². The molecule has 0 aliphatic carbocycles. The second-order valence-electron chi connectivity index (χ2n) is 5.26. The van der Waals surface area contributed by atoms with Crippen molar-refractivity contribution in [3.8, 4) is 5.69 Å². The number of imidazole rings is 1. The van der Waals surface area contributed by atoms with E-state index in [0.29, 0.717) is 13.1 Å². The highest BCUT2D eigenvalue weighted by Gasteiger charge is 2.42. The lowest BCUT2D eigenvalue weighted by molar-refractivity contribution is -0.142. The van der Waals surface area contributed by atoms with Crippen molar-refractivity contribution in [2.45, 2.75) is 19.0 Å². The van der Waals surface area contributed by atoms with E-state index in [4.69, 9.17) is 11.6 Å². The molecule has 0 spiro atoms. The van der Waals surface area contributed by atoms with Gasteiger partial charge in [0.25, 0.3) is 5.91 Å². The van der Waals surface area contributed by atoms with Gasteiger partial charge in [0.05, 0.1) is 10.7 Å². The standard InChI is InChI=1S/C15H13ClF3N3O/c16-10-5-1-2-6-11(10)22-9-20-12(13(22)15(17,18)19)14(23)21-7-3-4-8-21/h1-2,5-6,9H,3-4,7-8H2. The fourth-order valence-corrected chi connectivity index (χ4v) is 2.90. The maximum atomic E-state index is 13.5. The van der Waals surface area contributed by atoms with Crippen LogP contribution in [0, 0.1) is 0 Å². The van der Waals surface area contributed by atoms with Gasteiger partial charge < -0.3 is 4.90 Å². The zero-order valence-electron chi connectivity index (χ0n) is 12.0. The molecule has 1 saturated heterocycles. The predicted octanol–water partition coefficient (Wildman–Crippen LogP) is 3.78. The van der Waals surface area contributed by atoms with E-state index in [2.05, 4.69) is 4.98 Å². The van der Waals surface area contributed by atoms with Crippen LogP contribution in [0.4, 0.5) is 13.2 Å². The summed E-state index contributed by atoms with van der Waals surface area (Å²) in [4.78, 5) is 17.5. The summed E-state index contributed by atoms with van der Waals surface area (Å²) in [6.07, 6.45) is -2.15. The number of benzene rings is 1. The Kier molecular flexibility index (Phi) is 4.06. The van der Waals surface area contributed by atoms with E-state index in [1.807, 2.05) is 0 Å². The van der Waals surface area contributed by atoms with Crippen LogP contribution in [0.15, 0.2) is 30.6 Å². The van der Waals surface area contributed by atoms with Gasteiger partial charge in [-0.1, -0.05) is 23.7 Å². The number of hydrogen-bond donors (Lipinski definition) is 0. The largest absolute Gasteiger partial charge is 0.434 e. The molecule has 0 atom stereocenters. The highest BCUT2D eigenvalue weighted by atomic mass is 35.5. The average molecular weight is 344 g/mol. The maximum Gasteiger partial charge on any atom is 0.434 e. The number of carbonyl (C=O) groups is 1. The van der Waals surface area contributed by atoms with E-state index in [1.54, 1.807) is 12.1 Å². The van der Waals surface area contributed by atoms with Crippen LogP contribution in [0.25, 0.3) is 5.69 Å². The van der Waals surface area contributed by atoms with Crippen molar-refractivity contribution in [1.29, 1.82) is 0 Å². The molecule has 3 rings (SSSR count). The van der Waals surface area contributed by atoms with Gasteiger partial charge in [-0.15, -0.1) is 0 Å². The van der Waals surface area contributed by atoms with E-state index >= 15 is 0 Å². The van der Waals surface area contributed by atoms with E-state index in [0.717, 1.165) is 23.7 Å². The van der Waals surface area contributed by atoms with Gasteiger partial charge >= 0.3 is 6.18 Å². The summed E-state index contributed by atoms with van der Waals surface area (Å²) < 4.78 is 41.4. The summed E-state index contributed by atoms with van der Waals surface area (Å²) in [6, 6.07) is 6.12. The third-order valence-corrected chi connectivity index (χ3v) is 4.06. The smallest absolute Gasteiger partial charge is 0.337 e. The van der Waals surface area contributed by atoms with E-state index in [9.17, 15) is 18.0 Å². The van der Waals surface area contributed by atoms with Crippen LogP contribution in [0.5, 0.6) is 0 Å². The van der Waals surface area contributed by atoms with Crippen molar-refractivity contribution in [2.24, 2.45) is 0 Å². The van der Waals surface area contributed by atoms with Gasteiger partial charge in [0.2, 0.25) is 0 Å². The zero-order valence-corrected chi connectivity index (χ0v) is 12.7. The molecular weight excluding hydrogens is 331 g/mol. The molecule has 1 aliphatic rings. The Labute approximate surface area is 135 Å². The number of aromatic nitrogens is 2. The molecular formula is C15H13ClF3N3O. The Morgan fingerprint density at radius 3 is 2.43 bits per heavy atom. The number of carbonyl (C=O) groups excluding carboxylic acids is 1. The Morgan fingerprint density at radius 2 is 1.83 bits per heavy atom. The molecule has 4 nitrogen and oxygen atoms in total. The normalized spacial score (nSPS) is 15.2. The summed E-state index contributed by atoms with van der Waals surface area (Å²) in [5.41, 5.74) is -1.55. The number of hydrogen-bond acceptors (Lipinski definition) is 2. The highest BCUT2D eigenvalue weighted by Crippen LogP contribution is 2.35. The predicted molar refractivity (Wildman–Crippen MR) is 78.7 cm³/mol. The topological polar surface area (TPSA) is 38.1 Å². The first kappa shape index (κ1) is 15.9. The Morgan fingerprint density at radius 1 is 1.17 bits per heavy atom. The quantitative estimate of drug-likeness (QED) is 0.832. The van der Waals surface area contributed by atoms with E-state index in [1.165, 1.54) is 17.0 Å². The van der Waals surface area contributed by atoms with E-state index < -0.39 is 23.5 Å². The molecule has 0 unspecified atom stereocenters. The number of para-hydroxylation sites is 1. The minimum Gasteiger partial charge on any atom is -0.337 e. The molecule has 1 amide bonds. The zero-order chi connectivity index (χ0) is 16.6. The second kappa shape index (κ2) is 5.88. The second-order valence-corrected chi connectivity index (χ2v) is 5.67. The van der Waals surface area contributed by atoms with Crippen molar-refractivity contribution in [1.82, 2.24) is 14.5 Å². The molecule has 23 heavy (non-hydrogen) atoms. The number of alkyl halides is 3. The van der Waals surface area contributed by atoms with Gasteiger partial charge in [-0.05, 0) is 25.0 Å². The summed E-state index contributed by atoms with van der Waals surface area (Å²) in [6.45, 7) is 0.907. The minimum absolute atomic E-state index is 0.134. The molecule has 0 saturated carbocycles. The SMILES string of the molecule is O=C(c1ncn(-c2ccccc2Cl)c1C(F)(F)F)N1CCCC1. The Bertz CT molecular complexity index is 736. The van der Waals surface area contributed by atoms with Gasteiger partial charge in [0.1, 0.15) is 6.33 Å². The number of likely N-dealkylation sites (tertiary alicyclic amines) is 1. The lowest BCUT2D eigenvalue weighted by Crippen LogP contribution is -2.30. The molecule has 0 N–H and O–H groups in total. The lowest BCUT2D eigenvalue weighted by Gasteiger charge is -2.17. The van der Waals surface area contributed by atoms with Gasteiger partial charge in [0, 0.05) is 13.1 Å². The first-order chi connectivity index (χ1) is 10.9. The van der Waals surface area contributed by atoms with Crippen LogP contribution in [-0.2, 0) is 6.18 Å². The van der Waals surface area contributed by atoms with Gasteiger partial charge in [-0.25, -0.2) is 4.98 Å². The van der Waals surface area contributed by atoms with Crippen molar-refractivity contribution >= 4 is 17.5 Å². The van der Waals surface area contributed by atoms with E-state index in [-0.39, 0.29) is 10.7 Å². The lowest BCUT2D eigenvalue weighted by atomic mass is 10.2. The summed E-state index contributed by atoms with van der Waals surface area (Å²) in [5, 5.41) is 0.149. The Hall–Kier alpha value is -2.02. The summed E-state index contributed by atoms with van der Waals surface area (Å²) in [7, 11) is 0. The number of nitrogens with zero attached hydrogens (tertiary/aromatic N) is 3. The highest BCUT2D eigenvalue weighted by molar-refractivity contribution is 6.32. The molecule has 2 aromatic rings. The monoisotopic (exact) mass is 343 g/mol. The number of rotatable bonds is 2.